The summed E-state index contributed by atoms with van der Waals surface area (Å²) in [6, 6.07) is 0. The lowest BCUT2D eigenvalue weighted by Crippen LogP contribution is -2.02. The highest BCUT2D eigenvalue weighted by atomic mass is 32.2. The van der Waals surface area contributed by atoms with Crippen molar-refractivity contribution in [2.45, 2.75) is 11.7 Å². The second-order valence-corrected chi connectivity index (χ2v) is 2.27. The van der Waals surface area contributed by atoms with Crippen LogP contribution < -0.4 is 0 Å². The minimum absolute atomic E-state index is 0.174. The lowest BCUT2D eigenvalue weighted by molar-refractivity contribution is -0.108. The molecule has 1 aromatic rings. The summed E-state index contributed by atoms with van der Waals surface area (Å²) in [5.41, 5.74) is 0. The Kier molecular flexibility index (Phi) is 2.38. The largest absolute Gasteiger partial charge is 0.301 e. The maximum atomic E-state index is 9.94. The van der Waals surface area contributed by atoms with Gasteiger partial charge in [-0.3, -0.25) is 0 Å². The third kappa shape index (κ3) is 1.53. The first-order chi connectivity index (χ1) is 4.86. The quantitative estimate of drug-likeness (QED) is 0.442. The van der Waals surface area contributed by atoms with E-state index in [-0.39, 0.29) is 6.54 Å². The molecule has 10 heavy (non-hydrogen) atoms. The van der Waals surface area contributed by atoms with E-state index in [0.29, 0.717) is 5.16 Å². The average Bonchev–Trinajstić information content (AvgIpc) is 2.37. The molecule has 0 amide bonds. The van der Waals surface area contributed by atoms with Crippen molar-refractivity contribution in [3.63, 3.8) is 0 Å². The van der Waals surface area contributed by atoms with Gasteiger partial charge in [-0.25, -0.2) is 0 Å². The van der Waals surface area contributed by atoms with Gasteiger partial charge in [0.2, 0.25) is 5.16 Å². The number of aromatic nitrogens is 4. The van der Waals surface area contributed by atoms with E-state index in [4.69, 9.17) is 0 Å². The van der Waals surface area contributed by atoms with Gasteiger partial charge in [0.25, 0.3) is 0 Å². The lowest BCUT2D eigenvalue weighted by atomic mass is 10.8. The van der Waals surface area contributed by atoms with Gasteiger partial charge in [0.15, 0.2) is 0 Å². The van der Waals surface area contributed by atoms with Crippen LogP contribution in [0.2, 0.25) is 0 Å². The van der Waals surface area contributed by atoms with Gasteiger partial charge in [0.1, 0.15) is 12.8 Å². The third-order valence-corrected chi connectivity index (χ3v) is 1.38. The topological polar surface area (TPSA) is 60.7 Å². The number of tetrazole rings is 1. The molecule has 1 rings (SSSR count). The fourth-order valence-electron chi connectivity index (χ4n) is 0.454. The van der Waals surface area contributed by atoms with Crippen LogP contribution in [0, 0.1) is 0 Å². The summed E-state index contributed by atoms with van der Waals surface area (Å²) in [4.78, 5) is 11.2. The van der Waals surface area contributed by atoms with Crippen LogP contribution in [-0.4, -0.2) is 32.7 Å². The van der Waals surface area contributed by atoms with Crippen molar-refractivity contribution in [3.05, 3.63) is 0 Å². The van der Waals surface area contributed by atoms with Crippen LogP contribution in [-0.2, 0) is 11.3 Å². The van der Waals surface area contributed by atoms with Crippen molar-refractivity contribution in [2.75, 3.05) is 6.26 Å². The third-order valence-electron chi connectivity index (χ3n) is 0.855. The Labute approximate surface area is 61.8 Å². The van der Waals surface area contributed by atoms with Gasteiger partial charge in [-0.15, -0.1) is 10.2 Å². The molecule has 1 heterocycles. The highest BCUT2D eigenvalue weighted by molar-refractivity contribution is 7.98. The normalized spacial score (nSPS) is 9.70. The van der Waals surface area contributed by atoms with Gasteiger partial charge in [-0.05, 0) is 11.5 Å². The molecule has 0 N–H and O–H groups in total. The zero-order valence-corrected chi connectivity index (χ0v) is 6.21. The summed E-state index contributed by atoms with van der Waals surface area (Å²) >= 11 is 1.39. The number of carbonyl (C=O) groups excluding carboxylic acids is 1. The number of aldehydes is 1. The van der Waals surface area contributed by atoms with Gasteiger partial charge >= 0.3 is 0 Å². The van der Waals surface area contributed by atoms with Crippen LogP contribution in [0.1, 0.15) is 0 Å². The van der Waals surface area contributed by atoms with Crippen LogP contribution in [0.4, 0.5) is 0 Å². The number of carbonyl (C=O) groups is 1. The molecule has 0 spiro atoms. The summed E-state index contributed by atoms with van der Waals surface area (Å²) in [5.74, 6) is 0. The van der Waals surface area contributed by atoms with Crippen LogP contribution in [0.5, 0.6) is 0 Å². The molecule has 0 aliphatic carbocycles. The van der Waals surface area contributed by atoms with E-state index in [0.717, 1.165) is 6.29 Å². The van der Waals surface area contributed by atoms with Gasteiger partial charge in [-0.1, -0.05) is 11.8 Å². The van der Waals surface area contributed by atoms with Crippen molar-refractivity contribution < 1.29 is 4.79 Å². The summed E-state index contributed by atoms with van der Waals surface area (Å²) in [7, 11) is 0. The summed E-state index contributed by atoms with van der Waals surface area (Å²) in [6.07, 6.45) is 2.58. The maximum Gasteiger partial charge on any atom is 0.230 e. The van der Waals surface area contributed by atoms with Gasteiger partial charge in [-0.2, -0.15) is 4.80 Å². The zero-order chi connectivity index (χ0) is 7.40. The first kappa shape index (κ1) is 7.20. The fourth-order valence-corrected chi connectivity index (χ4v) is 0.748. The molecule has 0 atom stereocenters. The van der Waals surface area contributed by atoms with E-state index in [1.165, 1.54) is 16.6 Å². The summed E-state index contributed by atoms with van der Waals surface area (Å²) in [5, 5.41) is 11.7. The summed E-state index contributed by atoms with van der Waals surface area (Å²) in [6.45, 7) is 0.174. The lowest BCUT2D eigenvalue weighted by Gasteiger charge is -1.84. The Bertz CT molecular complexity index is 223. The minimum Gasteiger partial charge on any atom is -0.301 e. The van der Waals surface area contributed by atoms with Crippen LogP contribution in [0.25, 0.3) is 0 Å². The Morgan fingerprint density at radius 1 is 1.80 bits per heavy atom. The predicted octanol–water partition coefficient (Wildman–Crippen LogP) is -0.406. The average molecular weight is 158 g/mol. The monoisotopic (exact) mass is 158 g/mol. The van der Waals surface area contributed by atoms with E-state index < -0.39 is 0 Å². The molecule has 0 fully saturated rings. The van der Waals surface area contributed by atoms with Crippen molar-refractivity contribution in [1.29, 1.82) is 0 Å². The SMILES string of the molecule is CSc1nnn(CC=O)n1. The second-order valence-electron chi connectivity index (χ2n) is 1.50. The fraction of sp³-hybridized carbons (Fsp3) is 0.500. The molecule has 5 nitrogen and oxygen atoms in total. The first-order valence-corrected chi connectivity index (χ1v) is 3.84. The van der Waals surface area contributed by atoms with Gasteiger partial charge in [0.05, 0.1) is 0 Å². The molecule has 0 bridgehead atoms. The van der Waals surface area contributed by atoms with E-state index in [2.05, 4.69) is 15.4 Å². The van der Waals surface area contributed by atoms with Crippen molar-refractivity contribution in [3.8, 4) is 0 Å². The molecule has 0 unspecified atom stereocenters. The summed E-state index contributed by atoms with van der Waals surface area (Å²) < 4.78 is 0. The molecule has 1 aromatic heterocycles. The van der Waals surface area contributed by atoms with Crippen molar-refractivity contribution in [1.82, 2.24) is 20.2 Å². The Balaban J connectivity index is 2.67. The molecule has 6 heteroatoms. The van der Waals surface area contributed by atoms with E-state index in [9.17, 15) is 4.79 Å². The van der Waals surface area contributed by atoms with Gasteiger partial charge in [0, 0.05) is 0 Å². The van der Waals surface area contributed by atoms with E-state index in [1.807, 2.05) is 6.26 Å². The number of thioether (sulfide) groups is 1. The Hall–Kier alpha value is -0.910. The predicted molar refractivity (Wildman–Crippen MR) is 35.7 cm³/mol. The molecule has 0 saturated heterocycles. The number of hydrogen-bond donors (Lipinski definition) is 0. The molecule has 0 aromatic carbocycles. The number of rotatable bonds is 3. The van der Waals surface area contributed by atoms with Crippen molar-refractivity contribution >= 4 is 18.0 Å². The molecule has 54 valence electrons. The van der Waals surface area contributed by atoms with Crippen LogP contribution in [0.15, 0.2) is 5.16 Å². The molecule has 0 aliphatic rings. The van der Waals surface area contributed by atoms with Crippen molar-refractivity contribution in [2.24, 2.45) is 0 Å². The van der Waals surface area contributed by atoms with E-state index in [1.54, 1.807) is 0 Å². The second kappa shape index (κ2) is 3.31. The van der Waals surface area contributed by atoms with Gasteiger partial charge < -0.3 is 4.79 Å². The Morgan fingerprint density at radius 3 is 3.10 bits per heavy atom. The standard InChI is InChI=1S/C4H6N4OS/c1-10-4-5-7-8(6-4)2-3-9/h3H,2H2,1H3. The van der Waals surface area contributed by atoms with Crippen LogP contribution >= 0.6 is 11.8 Å². The maximum absolute atomic E-state index is 9.94. The highest BCUT2D eigenvalue weighted by Crippen LogP contribution is 2.03. The van der Waals surface area contributed by atoms with E-state index >= 15 is 0 Å². The molecule has 0 saturated carbocycles. The molecular weight excluding hydrogens is 152 g/mol. The highest BCUT2D eigenvalue weighted by Gasteiger charge is 1.97. The zero-order valence-electron chi connectivity index (χ0n) is 5.39. The number of hydrogen-bond acceptors (Lipinski definition) is 5. The van der Waals surface area contributed by atoms with Crippen LogP contribution in [0.3, 0.4) is 0 Å². The molecule has 0 aliphatic heterocycles. The number of nitrogens with zero attached hydrogens (tertiary/aromatic N) is 4. The minimum atomic E-state index is 0.174. The molecule has 0 radical (unpaired) electrons. The Morgan fingerprint density at radius 2 is 2.60 bits per heavy atom. The molecular formula is C4H6N4OS. The first-order valence-electron chi connectivity index (χ1n) is 2.62. The smallest absolute Gasteiger partial charge is 0.230 e.